The van der Waals surface area contributed by atoms with Gasteiger partial charge >= 0.3 is 5.76 Å². The highest BCUT2D eigenvalue weighted by Gasteiger charge is 2.16. The van der Waals surface area contributed by atoms with Gasteiger partial charge in [-0.25, -0.2) is 14.8 Å². The Morgan fingerprint density at radius 2 is 2.11 bits per heavy atom. The van der Waals surface area contributed by atoms with Gasteiger partial charge in [0.25, 0.3) is 0 Å². The summed E-state index contributed by atoms with van der Waals surface area (Å²) in [4.78, 5) is 22.2. The molecule has 3 rings (SSSR count). The summed E-state index contributed by atoms with van der Waals surface area (Å²) in [5.74, 6) is 0.0894. The zero-order valence-corrected chi connectivity index (χ0v) is 10.0. The summed E-state index contributed by atoms with van der Waals surface area (Å²) in [7, 11) is 0. The van der Waals surface area contributed by atoms with Gasteiger partial charge < -0.3 is 10.2 Å². The molecule has 0 saturated heterocycles. The van der Waals surface area contributed by atoms with E-state index in [0.29, 0.717) is 23.5 Å². The smallest absolute Gasteiger partial charge is 0.408 e. The average molecular weight is 256 g/mol. The van der Waals surface area contributed by atoms with Crippen molar-refractivity contribution in [3.8, 4) is 0 Å². The molecule has 0 spiro atoms. The molecule has 0 aliphatic heterocycles. The van der Waals surface area contributed by atoms with Gasteiger partial charge in [-0.05, 0) is 23.8 Å². The third kappa shape index (κ3) is 2.13. The Hall–Kier alpha value is -2.47. The third-order valence-electron chi connectivity index (χ3n) is 2.98. The number of rotatable bonds is 3. The third-order valence-corrected chi connectivity index (χ3v) is 2.98. The lowest BCUT2D eigenvalue weighted by Crippen LogP contribution is -2.16. The van der Waals surface area contributed by atoms with Gasteiger partial charge in [-0.1, -0.05) is 6.07 Å². The van der Waals surface area contributed by atoms with Crippen LogP contribution in [0, 0.1) is 0 Å². The van der Waals surface area contributed by atoms with Crippen molar-refractivity contribution in [1.29, 1.82) is 0 Å². The molecule has 0 saturated carbocycles. The highest BCUT2D eigenvalue weighted by molar-refractivity contribution is 5.73. The summed E-state index contributed by atoms with van der Waals surface area (Å²) in [5, 5.41) is 0. The molecule has 2 heterocycles. The lowest BCUT2D eigenvalue weighted by atomic mass is 9.98. The molecule has 1 atom stereocenters. The van der Waals surface area contributed by atoms with E-state index in [9.17, 15) is 4.79 Å². The predicted octanol–water partition coefficient (Wildman–Crippen LogP) is 1.00. The van der Waals surface area contributed by atoms with Crippen molar-refractivity contribution < 1.29 is 4.42 Å². The van der Waals surface area contributed by atoms with Gasteiger partial charge in [-0.15, -0.1) is 0 Å². The first-order valence-electron chi connectivity index (χ1n) is 5.87. The molecule has 0 bridgehead atoms. The first-order chi connectivity index (χ1) is 9.28. The van der Waals surface area contributed by atoms with Crippen LogP contribution in [0.15, 0.2) is 45.9 Å². The van der Waals surface area contributed by atoms with Crippen LogP contribution >= 0.6 is 0 Å². The summed E-state index contributed by atoms with van der Waals surface area (Å²) in [6.07, 6.45) is 3.37. The molecule has 96 valence electrons. The highest BCUT2D eigenvalue weighted by atomic mass is 16.4. The molecule has 19 heavy (non-hydrogen) atoms. The number of benzene rings is 1. The van der Waals surface area contributed by atoms with Gasteiger partial charge in [-0.2, -0.15) is 0 Å². The molecule has 6 nitrogen and oxygen atoms in total. The molecule has 3 N–H and O–H groups in total. The fourth-order valence-corrected chi connectivity index (χ4v) is 2.07. The van der Waals surface area contributed by atoms with Crippen molar-refractivity contribution in [3.63, 3.8) is 0 Å². The van der Waals surface area contributed by atoms with Gasteiger partial charge in [0, 0.05) is 18.9 Å². The molecule has 0 aliphatic carbocycles. The highest BCUT2D eigenvalue weighted by Crippen LogP contribution is 2.23. The number of aromatic amines is 1. The second kappa shape index (κ2) is 4.66. The molecule has 6 heteroatoms. The largest absolute Gasteiger partial charge is 0.417 e. The maximum absolute atomic E-state index is 11.1. The summed E-state index contributed by atoms with van der Waals surface area (Å²) in [5.41, 5.74) is 7.93. The number of hydrogen-bond donors (Lipinski definition) is 2. The van der Waals surface area contributed by atoms with E-state index in [-0.39, 0.29) is 5.92 Å². The van der Waals surface area contributed by atoms with Crippen molar-refractivity contribution in [3.05, 3.63) is 58.6 Å². The predicted molar refractivity (Wildman–Crippen MR) is 69.8 cm³/mol. The summed E-state index contributed by atoms with van der Waals surface area (Å²) < 4.78 is 4.97. The van der Waals surface area contributed by atoms with E-state index in [2.05, 4.69) is 15.0 Å². The molecular weight excluding hydrogens is 244 g/mol. The second-order valence-corrected chi connectivity index (χ2v) is 4.17. The van der Waals surface area contributed by atoms with E-state index in [4.69, 9.17) is 10.2 Å². The minimum absolute atomic E-state index is 0.107. The van der Waals surface area contributed by atoms with E-state index < -0.39 is 5.76 Å². The molecular formula is C13H12N4O2. The summed E-state index contributed by atoms with van der Waals surface area (Å²) >= 11 is 0. The van der Waals surface area contributed by atoms with Crippen molar-refractivity contribution in [2.45, 2.75) is 5.92 Å². The minimum atomic E-state index is -0.465. The monoisotopic (exact) mass is 256 g/mol. The fraction of sp³-hybridized carbons (Fsp3) is 0.154. The van der Waals surface area contributed by atoms with Crippen LogP contribution in [0.5, 0.6) is 0 Å². The zero-order valence-electron chi connectivity index (χ0n) is 10.0. The molecule has 0 amide bonds. The number of nitrogens with two attached hydrogens (primary N) is 1. The van der Waals surface area contributed by atoms with Crippen LogP contribution in [0.25, 0.3) is 11.1 Å². The van der Waals surface area contributed by atoms with Crippen LogP contribution in [-0.2, 0) is 0 Å². The molecule has 0 aliphatic rings. The van der Waals surface area contributed by atoms with E-state index in [1.54, 1.807) is 24.5 Å². The van der Waals surface area contributed by atoms with Gasteiger partial charge in [0.05, 0.1) is 11.4 Å². The zero-order chi connectivity index (χ0) is 13.2. The Labute approximate surface area is 108 Å². The normalized spacial score (nSPS) is 12.7. The fourth-order valence-electron chi connectivity index (χ4n) is 2.07. The van der Waals surface area contributed by atoms with E-state index in [1.165, 1.54) is 0 Å². The van der Waals surface area contributed by atoms with Crippen LogP contribution in [0.3, 0.4) is 0 Å². The Morgan fingerprint density at radius 3 is 2.84 bits per heavy atom. The van der Waals surface area contributed by atoms with Gasteiger partial charge in [0.2, 0.25) is 0 Å². The Balaban J connectivity index is 2.08. The number of fused-ring (bicyclic) bond motifs is 1. The van der Waals surface area contributed by atoms with Crippen molar-refractivity contribution >= 4 is 11.1 Å². The lowest BCUT2D eigenvalue weighted by molar-refractivity contribution is 0.555. The number of aromatic nitrogens is 3. The first-order valence-corrected chi connectivity index (χ1v) is 5.87. The maximum atomic E-state index is 11.1. The Bertz CT molecular complexity index is 748. The Morgan fingerprint density at radius 1 is 1.32 bits per heavy atom. The summed E-state index contributed by atoms with van der Waals surface area (Å²) in [6.45, 7) is 0.387. The Kier molecular flexibility index (Phi) is 2.85. The van der Waals surface area contributed by atoms with Crippen LogP contribution in [0.1, 0.15) is 17.3 Å². The SMILES string of the molecule is NCC(c1ccc2oc(=O)[nH]c2c1)c1ncccn1. The van der Waals surface area contributed by atoms with E-state index in [1.807, 2.05) is 12.1 Å². The van der Waals surface area contributed by atoms with Crippen molar-refractivity contribution in [2.75, 3.05) is 6.54 Å². The number of oxazole rings is 1. The van der Waals surface area contributed by atoms with Gasteiger partial charge in [0.1, 0.15) is 5.82 Å². The van der Waals surface area contributed by atoms with Crippen LogP contribution in [-0.4, -0.2) is 21.5 Å². The van der Waals surface area contributed by atoms with Gasteiger partial charge in [0.15, 0.2) is 5.58 Å². The maximum Gasteiger partial charge on any atom is 0.417 e. The minimum Gasteiger partial charge on any atom is -0.408 e. The van der Waals surface area contributed by atoms with Crippen LogP contribution in [0.2, 0.25) is 0 Å². The molecule has 0 fully saturated rings. The van der Waals surface area contributed by atoms with Crippen LogP contribution < -0.4 is 11.5 Å². The number of nitrogens with one attached hydrogen (secondary N) is 1. The summed E-state index contributed by atoms with van der Waals surface area (Å²) in [6, 6.07) is 7.21. The molecule has 2 aromatic heterocycles. The standard InChI is InChI=1S/C13H12N4O2/c14-7-9(12-15-4-1-5-16-12)8-2-3-11-10(6-8)17-13(18)19-11/h1-6,9H,7,14H2,(H,17,18). The van der Waals surface area contributed by atoms with Crippen molar-refractivity contribution in [1.82, 2.24) is 15.0 Å². The second-order valence-electron chi connectivity index (χ2n) is 4.17. The molecule has 0 radical (unpaired) electrons. The average Bonchev–Trinajstić information content (AvgIpc) is 2.80. The lowest BCUT2D eigenvalue weighted by Gasteiger charge is -2.13. The topological polar surface area (TPSA) is 97.8 Å². The van der Waals surface area contributed by atoms with E-state index >= 15 is 0 Å². The number of hydrogen-bond acceptors (Lipinski definition) is 5. The quantitative estimate of drug-likeness (QED) is 0.728. The molecule has 1 unspecified atom stereocenters. The molecule has 1 aromatic carbocycles. The van der Waals surface area contributed by atoms with E-state index in [0.717, 1.165) is 5.56 Å². The first kappa shape index (κ1) is 11.6. The number of H-pyrrole nitrogens is 1. The number of nitrogens with zero attached hydrogens (tertiary/aromatic N) is 2. The van der Waals surface area contributed by atoms with Crippen molar-refractivity contribution in [2.24, 2.45) is 5.73 Å². The van der Waals surface area contributed by atoms with Crippen LogP contribution in [0.4, 0.5) is 0 Å². The molecule has 3 aromatic rings. The van der Waals surface area contributed by atoms with Gasteiger partial charge in [-0.3, -0.25) is 4.98 Å².